The largest absolute Gasteiger partial charge is 0.370 e. The van der Waals surface area contributed by atoms with Crippen molar-refractivity contribution < 1.29 is 0 Å². The Morgan fingerprint density at radius 2 is 1.29 bits per heavy atom. The molecule has 0 fully saturated rings. The van der Waals surface area contributed by atoms with Crippen molar-refractivity contribution in [2.24, 2.45) is 0 Å². The Kier molecular flexibility index (Phi) is 5.04. The average Bonchev–Trinajstić information content (AvgIpc) is 2.98. The quantitative estimate of drug-likeness (QED) is 0.261. The summed E-state index contributed by atoms with van der Waals surface area (Å²) in [7, 11) is 2.20. The van der Waals surface area contributed by atoms with Gasteiger partial charge in [0.05, 0.1) is 5.69 Å². The molecule has 1 unspecified atom stereocenters. The summed E-state index contributed by atoms with van der Waals surface area (Å²) in [6, 6.07) is 33.0. The highest BCUT2D eigenvalue weighted by atomic mass is 79.9. The summed E-state index contributed by atoms with van der Waals surface area (Å²) >= 11 is 3.67. The van der Waals surface area contributed by atoms with Crippen molar-refractivity contribution >= 4 is 15.9 Å². The Morgan fingerprint density at radius 3 is 1.88 bits per heavy atom. The number of likely N-dealkylation sites (N-methyl/N-ethyl adjacent to an activating group) is 1. The topological polar surface area (TPSA) is 16.1 Å². The predicted octanol–water partition coefficient (Wildman–Crippen LogP) is 7.60. The fourth-order valence-corrected chi connectivity index (χ4v) is 5.99. The van der Waals surface area contributed by atoms with Crippen LogP contribution in [0.1, 0.15) is 23.7 Å². The lowest BCUT2D eigenvalue weighted by molar-refractivity contribution is 0.327. The van der Waals surface area contributed by atoms with Crippen molar-refractivity contribution in [3.8, 4) is 22.3 Å². The van der Waals surface area contributed by atoms with Gasteiger partial charge in [-0.25, -0.2) is 4.98 Å². The molecule has 1 aliphatic carbocycles. The van der Waals surface area contributed by atoms with Crippen molar-refractivity contribution in [3.63, 3.8) is 0 Å². The number of benzene rings is 3. The van der Waals surface area contributed by atoms with E-state index in [4.69, 9.17) is 4.98 Å². The van der Waals surface area contributed by atoms with Gasteiger partial charge < -0.3 is 4.90 Å². The summed E-state index contributed by atoms with van der Waals surface area (Å²) in [5, 5.41) is 0. The minimum atomic E-state index is -0.593. The molecule has 0 radical (unpaired) electrons. The smallest absolute Gasteiger partial charge is 0.106 e. The molecule has 0 saturated heterocycles. The average molecular weight is 505 g/mol. The Labute approximate surface area is 209 Å². The number of hydrogen-bond donors (Lipinski definition) is 0. The van der Waals surface area contributed by atoms with E-state index in [1.54, 1.807) is 0 Å². The standard InChI is InChI=1S/C31H25BrN2/c1-21-11-9-19-29(34(21)2)31(28-18-10-20-30(32)33-28)26-16-7-5-14-24(26)22-12-3-4-13-23(22)25-15-6-8-17-27(25)31/h3-21H,1-2H3. The van der Waals surface area contributed by atoms with Crippen LogP contribution in [-0.2, 0) is 5.41 Å². The van der Waals surface area contributed by atoms with Gasteiger partial charge in [-0.15, -0.1) is 0 Å². The molecule has 1 aliphatic heterocycles. The monoisotopic (exact) mass is 504 g/mol. The van der Waals surface area contributed by atoms with E-state index in [1.165, 1.54) is 39.1 Å². The maximum Gasteiger partial charge on any atom is 0.106 e. The van der Waals surface area contributed by atoms with E-state index in [1.807, 2.05) is 6.07 Å². The number of hydrogen-bond acceptors (Lipinski definition) is 2. The van der Waals surface area contributed by atoms with Crippen LogP contribution in [0.15, 0.2) is 120 Å². The molecule has 1 atom stereocenters. The van der Waals surface area contributed by atoms with E-state index in [0.717, 1.165) is 10.3 Å². The third-order valence-electron chi connectivity index (χ3n) is 7.29. The van der Waals surface area contributed by atoms with Gasteiger partial charge in [-0.1, -0.05) is 91.0 Å². The van der Waals surface area contributed by atoms with Crippen LogP contribution in [0, 0.1) is 0 Å². The van der Waals surface area contributed by atoms with Gasteiger partial charge in [-0.2, -0.15) is 0 Å². The summed E-state index contributed by atoms with van der Waals surface area (Å²) in [5.41, 5.74) is 9.13. The molecule has 166 valence electrons. The first-order valence-corrected chi connectivity index (χ1v) is 12.5. The van der Waals surface area contributed by atoms with Crippen molar-refractivity contribution in [1.29, 1.82) is 0 Å². The molecule has 3 heteroatoms. The second-order valence-corrected chi connectivity index (χ2v) is 9.83. The molecule has 0 spiro atoms. The molecule has 6 rings (SSSR count). The van der Waals surface area contributed by atoms with E-state index < -0.39 is 5.41 Å². The van der Waals surface area contributed by atoms with Gasteiger partial charge in [0.15, 0.2) is 0 Å². The van der Waals surface area contributed by atoms with Crippen molar-refractivity contribution in [1.82, 2.24) is 9.88 Å². The van der Waals surface area contributed by atoms with E-state index in [9.17, 15) is 0 Å². The molecule has 0 saturated carbocycles. The van der Waals surface area contributed by atoms with Crippen LogP contribution in [0.3, 0.4) is 0 Å². The molecule has 2 aliphatic rings. The Morgan fingerprint density at radius 1 is 0.735 bits per heavy atom. The predicted molar refractivity (Wildman–Crippen MR) is 144 cm³/mol. The number of fused-ring (bicyclic) bond motifs is 5. The zero-order valence-corrected chi connectivity index (χ0v) is 20.8. The van der Waals surface area contributed by atoms with Crippen molar-refractivity contribution in [2.45, 2.75) is 18.4 Å². The van der Waals surface area contributed by atoms with Crippen molar-refractivity contribution in [3.05, 3.63) is 136 Å². The van der Waals surface area contributed by atoms with Gasteiger partial charge in [0.25, 0.3) is 0 Å². The van der Waals surface area contributed by atoms with E-state index in [0.29, 0.717) is 0 Å². The van der Waals surface area contributed by atoms with Crippen LogP contribution in [-0.4, -0.2) is 23.0 Å². The highest BCUT2D eigenvalue weighted by Crippen LogP contribution is 2.55. The van der Waals surface area contributed by atoms with E-state index >= 15 is 0 Å². The number of pyridine rings is 1. The molecular formula is C31H25BrN2. The zero-order chi connectivity index (χ0) is 23.3. The molecule has 2 heterocycles. The fraction of sp³-hybridized carbons (Fsp3) is 0.129. The Balaban J connectivity index is 1.86. The Hall–Kier alpha value is -3.43. The molecule has 4 aromatic rings. The highest BCUT2D eigenvalue weighted by molar-refractivity contribution is 9.10. The van der Waals surface area contributed by atoms with Gasteiger partial charge in [0, 0.05) is 18.8 Å². The maximum atomic E-state index is 5.13. The first-order valence-electron chi connectivity index (χ1n) is 11.7. The van der Waals surface area contributed by atoms with Crippen LogP contribution in [0.25, 0.3) is 22.3 Å². The normalized spacial score (nSPS) is 17.8. The summed E-state index contributed by atoms with van der Waals surface area (Å²) < 4.78 is 0.837. The number of aromatic nitrogens is 1. The number of rotatable bonds is 2. The molecule has 0 N–H and O–H groups in total. The summed E-state index contributed by atoms with van der Waals surface area (Å²) in [5.74, 6) is 0. The number of nitrogens with zero attached hydrogens (tertiary/aromatic N) is 2. The van der Waals surface area contributed by atoms with Crippen LogP contribution >= 0.6 is 15.9 Å². The van der Waals surface area contributed by atoms with E-state index in [-0.39, 0.29) is 6.04 Å². The van der Waals surface area contributed by atoms with Gasteiger partial charge in [0.2, 0.25) is 0 Å². The van der Waals surface area contributed by atoms with Gasteiger partial charge >= 0.3 is 0 Å². The third kappa shape index (κ3) is 2.97. The number of allylic oxidation sites excluding steroid dienone is 3. The molecule has 0 amide bonds. The van der Waals surface area contributed by atoms with Crippen molar-refractivity contribution in [2.75, 3.05) is 7.05 Å². The molecule has 1 aromatic heterocycles. The summed E-state index contributed by atoms with van der Waals surface area (Å²) in [4.78, 5) is 7.53. The Bertz CT molecular complexity index is 1400. The lowest BCUT2D eigenvalue weighted by atomic mass is 9.66. The van der Waals surface area contributed by atoms with Crippen LogP contribution in [0.4, 0.5) is 0 Å². The SMILES string of the molecule is CC1C=CC=C(C2(c3cccc(Br)n3)c3ccccc3-c3ccccc3-c3ccccc32)N1C. The molecule has 0 bridgehead atoms. The summed E-state index contributed by atoms with van der Waals surface area (Å²) in [6.07, 6.45) is 6.71. The van der Waals surface area contributed by atoms with Crippen LogP contribution in [0.5, 0.6) is 0 Å². The zero-order valence-electron chi connectivity index (χ0n) is 19.2. The highest BCUT2D eigenvalue weighted by Gasteiger charge is 2.48. The summed E-state index contributed by atoms with van der Waals surface area (Å²) in [6.45, 7) is 2.24. The first kappa shape index (κ1) is 21.1. The molecular weight excluding hydrogens is 480 g/mol. The van der Waals surface area contributed by atoms with Gasteiger partial charge in [0.1, 0.15) is 10.0 Å². The minimum absolute atomic E-state index is 0.272. The van der Waals surface area contributed by atoms with E-state index in [2.05, 4.69) is 138 Å². The molecule has 34 heavy (non-hydrogen) atoms. The second kappa shape index (κ2) is 8.11. The lowest BCUT2D eigenvalue weighted by Gasteiger charge is -2.44. The second-order valence-electron chi connectivity index (χ2n) is 9.02. The minimum Gasteiger partial charge on any atom is -0.370 e. The fourth-order valence-electron chi connectivity index (χ4n) is 5.65. The molecule has 3 aromatic carbocycles. The van der Waals surface area contributed by atoms with Gasteiger partial charge in [-0.3, -0.25) is 0 Å². The third-order valence-corrected chi connectivity index (χ3v) is 7.73. The maximum absolute atomic E-state index is 5.13. The first-order chi connectivity index (χ1) is 16.6. The number of halogens is 1. The van der Waals surface area contributed by atoms with Crippen LogP contribution in [0.2, 0.25) is 0 Å². The molecule has 2 nitrogen and oxygen atoms in total. The van der Waals surface area contributed by atoms with Crippen LogP contribution < -0.4 is 0 Å². The van der Waals surface area contributed by atoms with Gasteiger partial charge in [-0.05, 0) is 74.4 Å². The lowest BCUT2D eigenvalue weighted by Crippen LogP contribution is -2.43.